The van der Waals surface area contributed by atoms with Crippen LogP contribution in [-0.2, 0) is 0 Å². The number of urea groups is 1. The highest BCUT2D eigenvalue weighted by Crippen LogP contribution is 2.17. The van der Waals surface area contributed by atoms with Crippen LogP contribution in [-0.4, -0.2) is 6.03 Å². The van der Waals surface area contributed by atoms with Crippen molar-refractivity contribution in [2.24, 2.45) is 0 Å². The van der Waals surface area contributed by atoms with Gasteiger partial charge in [-0.25, -0.2) is 13.6 Å². The molecule has 6 heteroatoms. The van der Waals surface area contributed by atoms with Gasteiger partial charge in [-0.1, -0.05) is 15.9 Å². The molecular weight excluding hydrogens is 318 g/mol. The number of anilines is 2. The zero-order valence-corrected chi connectivity index (χ0v) is 11.2. The highest BCUT2D eigenvalue weighted by atomic mass is 79.9. The number of benzene rings is 2. The van der Waals surface area contributed by atoms with Crippen molar-refractivity contribution in [2.45, 2.75) is 0 Å². The number of rotatable bonds is 2. The molecule has 0 saturated heterocycles. The van der Waals surface area contributed by atoms with Gasteiger partial charge < -0.3 is 10.6 Å². The Kier molecular flexibility index (Phi) is 4.11. The summed E-state index contributed by atoms with van der Waals surface area (Å²) in [7, 11) is 0. The number of hydrogen-bond donors (Lipinski definition) is 2. The van der Waals surface area contributed by atoms with Crippen molar-refractivity contribution < 1.29 is 13.6 Å². The molecule has 0 radical (unpaired) electrons. The average Bonchev–Trinajstić information content (AvgIpc) is 2.37. The van der Waals surface area contributed by atoms with Crippen molar-refractivity contribution in [2.75, 3.05) is 10.6 Å². The fourth-order valence-corrected chi connectivity index (χ4v) is 1.68. The van der Waals surface area contributed by atoms with Gasteiger partial charge in [0, 0.05) is 16.2 Å². The molecule has 2 rings (SSSR count). The van der Waals surface area contributed by atoms with Gasteiger partial charge >= 0.3 is 6.03 Å². The molecule has 0 saturated carbocycles. The Balaban J connectivity index is 2.05. The van der Waals surface area contributed by atoms with Crippen molar-refractivity contribution in [1.82, 2.24) is 0 Å². The molecule has 0 bridgehead atoms. The maximum absolute atomic E-state index is 13.3. The third-order valence-electron chi connectivity index (χ3n) is 2.28. The van der Waals surface area contributed by atoms with E-state index in [0.717, 1.165) is 22.7 Å². The first-order valence-electron chi connectivity index (χ1n) is 5.33. The van der Waals surface area contributed by atoms with Gasteiger partial charge in [-0.15, -0.1) is 0 Å². The summed E-state index contributed by atoms with van der Waals surface area (Å²) >= 11 is 3.26. The normalized spacial score (nSPS) is 10.1. The van der Waals surface area contributed by atoms with Crippen molar-refractivity contribution in [3.8, 4) is 0 Å². The van der Waals surface area contributed by atoms with Gasteiger partial charge in [0.25, 0.3) is 0 Å². The molecule has 3 nitrogen and oxygen atoms in total. The Morgan fingerprint density at radius 2 is 1.68 bits per heavy atom. The first-order valence-corrected chi connectivity index (χ1v) is 6.12. The molecule has 0 heterocycles. The summed E-state index contributed by atoms with van der Waals surface area (Å²) in [5.74, 6) is -1.33. The highest BCUT2D eigenvalue weighted by molar-refractivity contribution is 9.10. The molecule has 0 atom stereocenters. The molecule has 19 heavy (non-hydrogen) atoms. The predicted octanol–water partition coefficient (Wildman–Crippen LogP) is 4.37. The van der Waals surface area contributed by atoms with E-state index in [1.165, 1.54) is 0 Å². The lowest BCUT2D eigenvalue weighted by Gasteiger charge is -2.08. The van der Waals surface area contributed by atoms with Gasteiger partial charge in [-0.2, -0.15) is 0 Å². The fourth-order valence-electron chi connectivity index (χ4n) is 1.41. The highest BCUT2D eigenvalue weighted by Gasteiger charge is 2.08. The summed E-state index contributed by atoms with van der Waals surface area (Å²) in [6.07, 6.45) is 0. The molecule has 2 aromatic rings. The average molecular weight is 327 g/mol. The van der Waals surface area contributed by atoms with Crippen LogP contribution in [0.15, 0.2) is 46.9 Å². The van der Waals surface area contributed by atoms with Crippen LogP contribution in [0.4, 0.5) is 25.0 Å². The zero-order valence-electron chi connectivity index (χ0n) is 9.58. The van der Waals surface area contributed by atoms with E-state index in [-0.39, 0.29) is 5.69 Å². The molecule has 2 aromatic carbocycles. The van der Waals surface area contributed by atoms with Gasteiger partial charge in [-0.05, 0) is 36.4 Å². The van der Waals surface area contributed by atoms with E-state index >= 15 is 0 Å². The van der Waals surface area contributed by atoms with Gasteiger partial charge in [0.1, 0.15) is 11.6 Å². The van der Waals surface area contributed by atoms with Gasteiger partial charge in [-0.3, -0.25) is 0 Å². The molecule has 0 aliphatic carbocycles. The van der Waals surface area contributed by atoms with E-state index in [1.54, 1.807) is 24.3 Å². The van der Waals surface area contributed by atoms with Crippen LogP contribution < -0.4 is 10.6 Å². The lowest BCUT2D eigenvalue weighted by molar-refractivity contribution is 0.262. The second-order valence-electron chi connectivity index (χ2n) is 3.71. The SMILES string of the molecule is O=C(Nc1ccc(Br)cc1)Nc1cc(F)ccc1F. The van der Waals surface area contributed by atoms with Gasteiger partial charge in [0.2, 0.25) is 0 Å². The minimum atomic E-state index is -0.702. The Labute approximate surface area is 116 Å². The third-order valence-corrected chi connectivity index (χ3v) is 2.81. The third kappa shape index (κ3) is 3.75. The second kappa shape index (κ2) is 5.79. The second-order valence-corrected chi connectivity index (χ2v) is 4.63. The maximum Gasteiger partial charge on any atom is 0.323 e. The van der Waals surface area contributed by atoms with Crippen LogP contribution in [0, 0.1) is 11.6 Å². The monoisotopic (exact) mass is 326 g/mol. The molecule has 0 spiro atoms. The predicted molar refractivity (Wildman–Crippen MR) is 73.1 cm³/mol. The Morgan fingerprint density at radius 1 is 1.00 bits per heavy atom. The quantitative estimate of drug-likeness (QED) is 0.845. The molecule has 98 valence electrons. The van der Waals surface area contributed by atoms with Crippen LogP contribution in [0.2, 0.25) is 0 Å². The molecule has 0 aliphatic heterocycles. The van der Waals surface area contributed by atoms with E-state index in [9.17, 15) is 13.6 Å². The van der Waals surface area contributed by atoms with Crippen LogP contribution in [0.25, 0.3) is 0 Å². The molecule has 0 unspecified atom stereocenters. The number of halogens is 3. The van der Waals surface area contributed by atoms with E-state index in [2.05, 4.69) is 26.6 Å². The van der Waals surface area contributed by atoms with E-state index < -0.39 is 17.7 Å². The number of carbonyl (C=O) groups excluding carboxylic acids is 1. The number of amides is 2. The van der Waals surface area contributed by atoms with Crippen LogP contribution >= 0.6 is 15.9 Å². The lowest BCUT2D eigenvalue weighted by Crippen LogP contribution is -2.20. The summed E-state index contributed by atoms with van der Waals surface area (Å²) in [6, 6.07) is 9.04. The minimum absolute atomic E-state index is 0.213. The summed E-state index contributed by atoms with van der Waals surface area (Å²) in [5, 5.41) is 4.74. The molecule has 2 amide bonds. The zero-order chi connectivity index (χ0) is 13.8. The van der Waals surface area contributed by atoms with Crippen LogP contribution in [0.1, 0.15) is 0 Å². The fraction of sp³-hybridized carbons (Fsp3) is 0. The Bertz CT molecular complexity index is 602. The number of carbonyl (C=O) groups is 1. The molecule has 0 fully saturated rings. The summed E-state index contributed by atoms with van der Waals surface area (Å²) < 4.78 is 27.1. The summed E-state index contributed by atoms with van der Waals surface area (Å²) in [6.45, 7) is 0. The standard InChI is InChI=1S/C13H9BrF2N2O/c14-8-1-4-10(5-2-8)17-13(19)18-12-7-9(15)3-6-11(12)16/h1-7H,(H2,17,18,19). The first kappa shape index (κ1) is 13.5. The summed E-state index contributed by atoms with van der Waals surface area (Å²) in [5.41, 5.74) is 0.326. The summed E-state index contributed by atoms with van der Waals surface area (Å²) in [4.78, 5) is 11.6. The van der Waals surface area contributed by atoms with Crippen molar-refractivity contribution >= 4 is 33.3 Å². The van der Waals surface area contributed by atoms with Crippen LogP contribution in [0.5, 0.6) is 0 Å². The molecule has 2 N–H and O–H groups in total. The van der Waals surface area contributed by atoms with Crippen LogP contribution in [0.3, 0.4) is 0 Å². The first-order chi connectivity index (χ1) is 9.04. The topological polar surface area (TPSA) is 41.1 Å². The van der Waals surface area contributed by atoms with Gasteiger partial charge in [0.05, 0.1) is 5.69 Å². The molecule has 0 aliphatic rings. The minimum Gasteiger partial charge on any atom is -0.308 e. The lowest BCUT2D eigenvalue weighted by atomic mass is 10.3. The van der Waals surface area contributed by atoms with Crippen molar-refractivity contribution in [3.63, 3.8) is 0 Å². The smallest absolute Gasteiger partial charge is 0.308 e. The molecule has 0 aromatic heterocycles. The Morgan fingerprint density at radius 3 is 2.37 bits per heavy atom. The molecular formula is C13H9BrF2N2O. The maximum atomic E-state index is 13.3. The largest absolute Gasteiger partial charge is 0.323 e. The van der Waals surface area contributed by atoms with Gasteiger partial charge in [0.15, 0.2) is 0 Å². The van der Waals surface area contributed by atoms with E-state index in [1.807, 2.05) is 0 Å². The number of hydrogen-bond acceptors (Lipinski definition) is 1. The van der Waals surface area contributed by atoms with E-state index in [0.29, 0.717) is 5.69 Å². The number of nitrogens with one attached hydrogen (secondary N) is 2. The van der Waals surface area contributed by atoms with Crippen molar-refractivity contribution in [3.05, 3.63) is 58.6 Å². The van der Waals surface area contributed by atoms with E-state index in [4.69, 9.17) is 0 Å². The van der Waals surface area contributed by atoms with Crippen molar-refractivity contribution in [1.29, 1.82) is 0 Å². The Hall–Kier alpha value is -1.95.